The first kappa shape index (κ1) is 9.91. The van der Waals surface area contributed by atoms with Gasteiger partial charge >= 0.3 is 0 Å². The molecule has 0 fully saturated rings. The highest BCUT2D eigenvalue weighted by Gasteiger charge is 1.84. The molecule has 0 aliphatic carbocycles. The predicted molar refractivity (Wildman–Crippen MR) is 54.6 cm³/mol. The standard InChI is InChI=1S/C8H11N.HI/c9-7-6-8-4-2-1-3-5-8;/h1-5H,6-7,9H2;1H. The summed E-state index contributed by atoms with van der Waals surface area (Å²) in [6.07, 6.45) is 0.987. The monoisotopic (exact) mass is 249 g/mol. The van der Waals surface area contributed by atoms with Gasteiger partial charge in [0.15, 0.2) is 0 Å². The Morgan fingerprint density at radius 3 is 2.20 bits per heavy atom. The lowest BCUT2D eigenvalue weighted by atomic mass is 10.2. The van der Waals surface area contributed by atoms with Gasteiger partial charge < -0.3 is 5.73 Å². The molecule has 0 atom stereocenters. The van der Waals surface area contributed by atoms with Crippen molar-refractivity contribution in [3.63, 3.8) is 0 Å². The molecular weight excluding hydrogens is 237 g/mol. The summed E-state index contributed by atoms with van der Waals surface area (Å²) >= 11 is 0. The van der Waals surface area contributed by atoms with E-state index in [0.29, 0.717) is 0 Å². The zero-order valence-electron chi connectivity index (χ0n) is 5.79. The fraction of sp³-hybridized carbons (Fsp3) is 0.250. The first-order valence-electron chi connectivity index (χ1n) is 3.17. The molecule has 0 heterocycles. The highest BCUT2D eigenvalue weighted by atomic mass is 127. The first-order valence-corrected chi connectivity index (χ1v) is 3.17. The van der Waals surface area contributed by atoms with Crippen molar-refractivity contribution >= 4 is 24.0 Å². The molecular formula is C8H12IN. The normalized spacial score (nSPS) is 8.50. The zero-order valence-corrected chi connectivity index (χ0v) is 8.12. The van der Waals surface area contributed by atoms with E-state index in [9.17, 15) is 0 Å². The average Bonchev–Trinajstić information content (AvgIpc) is 1.91. The SMILES string of the molecule is I.NCCc1ccccc1. The Morgan fingerprint density at radius 2 is 1.70 bits per heavy atom. The van der Waals surface area contributed by atoms with Crippen molar-refractivity contribution in [2.75, 3.05) is 6.54 Å². The maximum absolute atomic E-state index is 5.36. The second-order valence-corrected chi connectivity index (χ2v) is 2.02. The number of hydrogen-bond acceptors (Lipinski definition) is 1. The highest BCUT2D eigenvalue weighted by molar-refractivity contribution is 14.0. The quantitative estimate of drug-likeness (QED) is 0.795. The van der Waals surface area contributed by atoms with Crippen LogP contribution in [0.1, 0.15) is 5.56 Å². The van der Waals surface area contributed by atoms with Crippen LogP contribution in [0.25, 0.3) is 0 Å². The lowest BCUT2D eigenvalue weighted by molar-refractivity contribution is 0.969. The molecule has 1 rings (SSSR count). The van der Waals surface area contributed by atoms with Crippen LogP contribution in [0.3, 0.4) is 0 Å². The summed E-state index contributed by atoms with van der Waals surface area (Å²) in [5.74, 6) is 0. The van der Waals surface area contributed by atoms with Gasteiger partial charge in [0.1, 0.15) is 0 Å². The van der Waals surface area contributed by atoms with Gasteiger partial charge in [-0.25, -0.2) is 0 Å². The number of halogens is 1. The second kappa shape index (κ2) is 5.68. The Kier molecular flexibility index (Phi) is 5.63. The van der Waals surface area contributed by atoms with E-state index in [2.05, 4.69) is 12.1 Å². The van der Waals surface area contributed by atoms with Gasteiger partial charge in [-0.05, 0) is 18.5 Å². The third-order valence-electron chi connectivity index (χ3n) is 1.28. The Balaban J connectivity index is 0.000000810. The lowest BCUT2D eigenvalue weighted by Gasteiger charge is -1.93. The molecule has 1 aromatic rings. The number of benzene rings is 1. The van der Waals surface area contributed by atoms with Crippen LogP contribution in [0.2, 0.25) is 0 Å². The van der Waals surface area contributed by atoms with E-state index in [1.807, 2.05) is 18.2 Å². The summed E-state index contributed by atoms with van der Waals surface area (Å²) in [5, 5.41) is 0. The van der Waals surface area contributed by atoms with Crippen LogP contribution in [0.4, 0.5) is 0 Å². The number of hydrogen-bond donors (Lipinski definition) is 1. The Bertz CT molecular complexity index is 162. The predicted octanol–water partition coefficient (Wildman–Crippen LogP) is 1.81. The molecule has 0 saturated heterocycles. The van der Waals surface area contributed by atoms with Gasteiger partial charge in [-0.1, -0.05) is 30.3 Å². The van der Waals surface area contributed by atoms with Gasteiger partial charge in [-0.3, -0.25) is 0 Å². The number of nitrogens with two attached hydrogens (primary N) is 1. The van der Waals surface area contributed by atoms with Crippen LogP contribution in [-0.4, -0.2) is 6.54 Å². The molecule has 10 heavy (non-hydrogen) atoms. The molecule has 0 unspecified atom stereocenters. The summed E-state index contributed by atoms with van der Waals surface area (Å²) in [6.45, 7) is 0.740. The molecule has 2 heteroatoms. The molecule has 2 N–H and O–H groups in total. The molecule has 56 valence electrons. The van der Waals surface area contributed by atoms with Crippen molar-refractivity contribution in [2.45, 2.75) is 6.42 Å². The average molecular weight is 249 g/mol. The summed E-state index contributed by atoms with van der Waals surface area (Å²) < 4.78 is 0. The van der Waals surface area contributed by atoms with Gasteiger partial charge in [0.05, 0.1) is 0 Å². The summed E-state index contributed by atoms with van der Waals surface area (Å²) in [4.78, 5) is 0. The summed E-state index contributed by atoms with van der Waals surface area (Å²) in [6, 6.07) is 10.3. The fourth-order valence-electron chi connectivity index (χ4n) is 0.811. The Labute approximate surface area is 78.6 Å². The minimum absolute atomic E-state index is 0. The van der Waals surface area contributed by atoms with Crippen LogP contribution in [0.15, 0.2) is 30.3 Å². The zero-order chi connectivity index (χ0) is 6.53. The van der Waals surface area contributed by atoms with Crippen LogP contribution in [0.5, 0.6) is 0 Å². The van der Waals surface area contributed by atoms with E-state index in [4.69, 9.17) is 5.73 Å². The summed E-state index contributed by atoms with van der Waals surface area (Å²) in [5.41, 5.74) is 6.68. The molecule has 1 nitrogen and oxygen atoms in total. The van der Waals surface area contributed by atoms with Gasteiger partial charge in [-0.2, -0.15) is 0 Å². The largest absolute Gasteiger partial charge is 0.330 e. The molecule has 0 aliphatic heterocycles. The van der Waals surface area contributed by atoms with Crippen molar-refractivity contribution in [1.82, 2.24) is 0 Å². The highest BCUT2D eigenvalue weighted by Crippen LogP contribution is 1.96. The van der Waals surface area contributed by atoms with Crippen LogP contribution < -0.4 is 5.73 Å². The molecule has 0 radical (unpaired) electrons. The fourth-order valence-corrected chi connectivity index (χ4v) is 0.811. The maximum Gasteiger partial charge on any atom is -0.00367 e. The molecule has 0 spiro atoms. The van der Waals surface area contributed by atoms with E-state index < -0.39 is 0 Å². The lowest BCUT2D eigenvalue weighted by Crippen LogP contribution is -2.01. The van der Waals surface area contributed by atoms with Crippen molar-refractivity contribution in [3.8, 4) is 0 Å². The van der Waals surface area contributed by atoms with E-state index in [1.165, 1.54) is 5.56 Å². The van der Waals surface area contributed by atoms with Crippen molar-refractivity contribution in [1.29, 1.82) is 0 Å². The van der Waals surface area contributed by atoms with Crippen LogP contribution >= 0.6 is 24.0 Å². The third-order valence-corrected chi connectivity index (χ3v) is 1.28. The molecule has 0 bridgehead atoms. The maximum atomic E-state index is 5.36. The van der Waals surface area contributed by atoms with E-state index in [0.717, 1.165) is 13.0 Å². The van der Waals surface area contributed by atoms with E-state index in [-0.39, 0.29) is 24.0 Å². The third kappa shape index (κ3) is 3.17. The van der Waals surface area contributed by atoms with Gasteiger partial charge in [0.25, 0.3) is 0 Å². The van der Waals surface area contributed by atoms with Gasteiger partial charge in [0.2, 0.25) is 0 Å². The van der Waals surface area contributed by atoms with Gasteiger partial charge in [-0.15, -0.1) is 24.0 Å². The van der Waals surface area contributed by atoms with Gasteiger partial charge in [0, 0.05) is 0 Å². The number of rotatable bonds is 2. The first-order chi connectivity index (χ1) is 4.43. The Morgan fingerprint density at radius 1 is 1.10 bits per heavy atom. The second-order valence-electron chi connectivity index (χ2n) is 2.02. The molecule has 0 aliphatic rings. The van der Waals surface area contributed by atoms with E-state index >= 15 is 0 Å². The van der Waals surface area contributed by atoms with Crippen molar-refractivity contribution < 1.29 is 0 Å². The van der Waals surface area contributed by atoms with Crippen molar-refractivity contribution in [3.05, 3.63) is 35.9 Å². The minimum atomic E-state index is 0. The topological polar surface area (TPSA) is 26.0 Å². The van der Waals surface area contributed by atoms with Crippen LogP contribution in [0, 0.1) is 0 Å². The molecule has 0 aromatic heterocycles. The van der Waals surface area contributed by atoms with Crippen LogP contribution in [-0.2, 0) is 6.42 Å². The van der Waals surface area contributed by atoms with Crippen molar-refractivity contribution in [2.24, 2.45) is 5.73 Å². The van der Waals surface area contributed by atoms with E-state index in [1.54, 1.807) is 0 Å². The minimum Gasteiger partial charge on any atom is -0.330 e. The molecule has 1 aromatic carbocycles. The molecule has 0 saturated carbocycles. The Hall–Kier alpha value is -0.0900. The smallest absolute Gasteiger partial charge is 0.00367 e. The molecule has 0 amide bonds. The summed E-state index contributed by atoms with van der Waals surface area (Å²) in [7, 11) is 0.